The summed E-state index contributed by atoms with van der Waals surface area (Å²) in [7, 11) is 0. The van der Waals surface area contributed by atoms with Crippen LogP contribution >= 0.6 is 0 Å². The largest absolute Gasteiger partial charge is 0.347 e. The van der Waals surface area contributed by atoms with Crippen molar-refractivity contribution in [3.8, 4) is 11.4 Å². The Morgan fingerprint density at radius 1 is 1.09 bits per heavy atom. The number of fused-ring (bicyclic) bond motifs is 3. The van der Waals surface area contributed by atoms with Gasteiger partial charge in [0.15, 0.2) is 0 Å². The number of aromatic amines is 1. The van der Waals surface area contributed by atoms with Gasteiger partial charge in [0.25, 0.3) is 5.56 Å². The summed E-state index contributed by atoms with van der Waals surface area (Å²) >= 11 is 0. The van der Waals surface area contributed by atoms with Crippen LogP contribution in [-0.2, 0) is 6.54 Å². The number of H-pyrrole nitrogens is 1. The second-order valence-electron chi connectivity index (χ2n) is 5.68. The number of rotatable bonds is 3. The maximum atomic E-state index is 12.6. The molecule has 2 heterocycles. The van der Waals surface area contributed by atoms with Crippen LogP contribution in [0.2, 0.25) is 0 Å². The quantitative estimate of drug-likeness (QED) is 0.623. The minimum atomic E-state index is -0.0892. The molecule has 0 fully saturated rings. The molecule has 4 nitrogen and oxygen atoms in total. The second kappa shape index (κ2) is 5.39. The van der Waals surface area contributed by atoms with E-state index in [0.29, 0.717) is 11.2 Å². The van der Waals surface area contributed by atoms with Gasteiger partial charge < -0.3 is 9.55 Å². The van der Waals surface area contributed by atoms with Crippen LogP contribution in [0.5, 0.6) is 0 Å². The monoisotopic (exact) mass is 303 g/mol. The van der Waals surface area contributed by atoms with E-state index in [1.54, 1.807) is 0 Å². The standard InChI is InChI=1S/C19H17N3O/c1-2-11-22-12-10-14-16(22)9-8-15-17(14)19(23)21-18(20-15)13-6-4-3-5-7-13/h3-10,12H,2,11H2,1H3,(H,20,21,23). The van der Waals surface area contributed by atoms with Crippen LogP contribution in [-0.4, -0.2) is 14.5 Å². The molecule has 23 heavy (non-hydrogen) atoms. The van der Waals surface area contributed by atoms with Gasteiger partial charge in [-0.25, -0.2) is 4.98 Å². The predicted octanol–water partition coefficient (Wildman–Crippen LogP) is 3.95. The van der Waals surface area contributed by atoms with E-state index in [0.717, 1.165) is 34.9 Å². The molecule has 0 saturated carbocycles. The first-order valence-electron chi connectivity index (χ1n) is 7.85. The van der Waals surface area contributed by atoms with Gasteiger partial charge in [-0.1, -0.05) is 37.3 Å². The molecule has 2 aromatic carbocycles. The zero-order valence-corrected chi connectivity index (χ0v) is 12.9. The van der Waals surface area contributed by atoms with Gasteiger partial charge in [0, 0.05) is 29.2 Å². The highest BCUT2D eigenvalue weighted by atomic mass is 16.1. The van der Waals surface area contributed by atoms with Crippen LogP contribution in [0.25, 0.3) is 33.2 Å². The van der Waals surface area contributed by atoms with Crippen LogP contribution in [0.4, 0.5) is 0 Å². The molecule has 0 unspecified atom stereocenters. The first-order valence-corrected chi connectivity index (χ1v) is 7.85. The Kier molecular flexibility index (Phi) is 3.23. The SMILES string of the molecule is CCCn1ccc2c3c(=O)[nH]c(-c4ccccc4)nc3ccc21. The number of nitrogens with one attached hydrogen (secondary N) is 1. The molecule has 114 valence electrons. The first-order chi connectivity index (χ1) is 11.3. The highest BCUT2D eigenvalue weighted by Crippen LogP contribution is 2.24. The van der Waals surface area contributed by atoms with Crippen LogP contribution in [0.15, 0.2) is 59.5 Å². The Balaban J connectivity index is 1.99. The molecule has 0 atom stereocenters. The van der Waals surface area contributed by atoms with E-state index in [1.165, 1.54) is 0 Å². The van der Waals surface area contributed by atoms with Crippen molar-refractivity contribution in [3.63, 3.8) is 0 Å². The molecule has 0 amide bonds. The first kappa shape index (κ1) is 13.8. The van der Waals surface area contributed by atoms with Gasteiger partial charge in [-0.15, -0.1) is 0 Å². The molecule has 2 aromatic heterocycles. The lowest BCUT2D eigenvalue weighted by molar-refractivity contribution is 0.704. The van der Waals surface area contributed by atoms with Crippen molar-refractivity contribution < 1.29 is 0 Å². The van der Waals surface area contributed by atoms with Crippen molar-refractivity contribution in [2.24, 2.45) is 0 Å². The van der Waals surface area contributed by atoms with E-state index >= 15 is 0 Å². The van der Waals surface area contributed by atoms with Crippen molar-refractivity contribution >= 4 is 21.8 Å². The van der Waals surface area contributed by atoms with Crippen LogP contribution in [0.1, 0.15) is 13.3 Å². The van der Waals surface area contributed by atoms with Gasteiger partial charge in [0.2, 0.25) is 0 Å². The Hall–Kier alpha value is -2.88. The molecule has 4 heteroatoms. The smallest absolute Gasteiger partial charge is 0.259 e. The molecule has 4 rings (SSSR count). The molecule has 0 spiro atoms. The summed E-state index contributed by atoms with van der Waals surface area (Å²) in [6, 6.07) is 15.7. The summed E-state index contributed by atoms with van der Waals surface area (Å²) in [5.41, 5.74) is 2.64. The molecule has 0 saturated heterocycles. The Morgan fingerprint density at radius 2 is 1.91 bits per heavy atom. The number of aryl methyl sites for hydroxylation is 1. The topological polar surface area (TPSA) is 50.7 Å². The molecule has 0 bridgehead atoms. The van der Waals surface area contributed by atoms with Crippen molar-refractivity contribution in [3.05, 3.63) is 65.1 Å². The average molecular weight is 303 g/mol. The fourth-order valence-electron chi connectivity index (χ4n) is 3.08. The Labute approximate surface area is 133 Å². The summed E-state index contributed by atoms with van der Waals surface area (Å²) in [6.07, 6.45) is 3.10. The Morgan fingerprint density at radius 3 is 2.70 bits per heavy atom. The average Bonchev–Trinajstić information content (AvgIpc) is 2.99. The van der Waals surface area contributed by atoms with Crippen LogP contribution < -0.4 is 5.56 Å². The van der Waals surface area contributed by atoms with Gasteiger partial charge in [0.1, 0.15) is 5.82 Å². The van der Waals surface area contributed by atoms with Crippen LogP contribution in [0.3, 0.4) is 0 Å². The zero-order chi connectivity index (χ0) is 15.8. The maximum absolute atomic E-state index is 12.6. The molecule has 0 aliphatic heterocycles. The fraction of sp³-hybridized carbons (Fsp3) is 0.158. The van der Waals surface area contributed by atoms with E-state index in [9.17, 15) is 4.79 Å². The normalized spacial score (nSPS) is 11.3. The lowest BCUT2D eigenvalue weighted by Crippen LogP contribution is -2.10. The lowest BCUT2D eigenvalue weighted by Gasteiger charge is -2.06. The summed E-state index contributed by atoms with van der Waals surface area (Å²) in [6.45, 7) is 3.09. The molecule has 4 aromatic rings. The molecule has 0 aliphatic rings. The third-order valence-corrected chi connectivity index (χ3v) is 4.13. The fourth-order valence-corrected chi connectivity index (χ4v) is 3.08. The minimum Gasteiger partial charge on any atom is -0.347 e. The number of hydrogen-bond acceptors (Lipinski definition) is 2. The van der Waals surface area contributed by atoms with Gasteiger partial charge in [0.05, 0.1) is 10.9 Å². The third-order valence-electron chi connectivity index (χ3n) is 4.13. The third kappa shape index (κ3) is 2.23. The van der Waals surface area contributed by atoms with E-state index in [4.69, 9.17) is 0 Å². The zero-order valence-electron chi connectivity index (χ0n) is 12.9. The number of hydrogen-bond donors (Lipinski definition) is 1. The van der Waals surface area contributed by atoms with Gasteiger partial charge in [-0.05, 0) is 24.6 Å². The molecule has 0 aliphatic carbocycles. The minimum absolute atomic E-state index is 0.0892. The van der Waals surface area contributed by atoms with E-state index < -0.39 is 0 Å². The summed E-state index contributed by atoms with van der Waals surface area (Å²) in [5.74, 6) is 0.607. The number of aromatic nitrogens is 3. The highest BCUT2D eigenvalue weighted by Gasteiger charge is 2.11. The summed E-state index contributed by atoms with van der Waals surface area (Å²) in [4.78, 5) is 20.2. The van der Waals surface area contributed by atoms with Gasteiger partial charge in [-0.3, -0.25) is 4.79 Å². The number of benzene rings is 2. The van der Waals surface area contributed by atoms with E-state index in [2.05, 4.69) is 27.5 Å². The Bertz CT molecular complexity index is 1040. The van der Waals surface area contributed by atoms with E-state index in [1.807, 2.05) is 48.7 Å². The summed E-state index contributed by atoms with van der Waals surface area (Å²) in [5, 5.41) is 1.63. The number of nitrogens with zero attached hydrogens (tertiary/aromatic N) is 2. The summed E-state index contributed by atoms with van der Waals surface area (Å²) < 4.78 is 2.18. The van der Waals surface area contributed by atoms with E-state index in [-0.39, 0.29) is 5.56 Å². The van der Waals surface area contributed by atoms with Gasteiger partial charge >= 0.3 is 0 Å². The van der Waals surface area contributed by atoms with Crippen molar-refractivity contribution in [1.82, 2.24) is 14.5 Å². The molecule has 0 radical (unpaired) electrons. The van der Waals surface area contributed by atoms with Crippen LogP contribution in [0, 0.1) is 0 Å². The van der Waals surface area contributed by atoms with Gasteiger partial charge in [-0.2, -0.15) is 0 Å². The molecular formula is C19H17N3O. The predicted molar refractivity (Wildman–Crippen MR) is 93.6 cm³/mol. The molecule has 1 N–H and O–H groups in total. The second-order valence-corrected chi connectivity index (χ2v) is 5.68. The maximum Gasteiger partial charge on any atom is 0.259 e. The lowest BCUT2D eigenvalue weighted by atomic mass is 10.1. The highest BCUT2D eigenvalue weighted by molar-refractivity contribution is 6.05. The molecular weight excluding hydrogens is 286 g/mol. The van der Waals surface area contributed by atoms with Crippen molar-refractivity contribution in [2.75, 3.05) is 0 Å². The van der Waals surface area contributed by atoms with Crippen molar-refractivity contribution in [2.45, 2.75) is 19.9 Å². The van der Waals surface area contributed by atoms with Crippen molar-refractivity contribution in [1.29, 1.82) is 0 Å².